The molecular weight excluding hydrogens is 289 g/mol. The predicted octanol–water partition coefficient (Wildman–Crippen LogP) is 3.01. The molecule has 0 saturated carbocycles. The van der Waals surface area contributed by atoms with E-state index in [4.69, 9.17) is 5.73 Å². The number of nitrogens with zero attached hydrogens (tertiary/aromatic N) is 1. The van der Waals surface area contributed by atoms with Gasteiger partial charge in [0.15, 0.2) is 0 Å². The molecule has 7 heteroatoms. The quantitative estimate of drug-likeness (QED) is 0.655. The van der Waals surface area contributed by atoms with Crippen LogP contribution in [0.15, 0.2) is 42.5 Å². The summed E-state index contributed by atoms with van der Waals surface area (Å²) in [6.07, 6.45) is 0. The highest BCUT2D eigenvalue weighted by atomic mass is 19.1. The molecule has 114 valence electrons. The molecule has 1 amide bonds. The number of carbonyl (C=O) groups is 1. The van der Waals surface area contributed by atoms with Crippen LogP contribution in [0.5, 0.6) is 0 Å². The van der Waals surface area contributed by atoms with Crippen LogP contribution in [0.25, 0.3) is 0 Å². The van der Waals surface area contributed by atoms with Gasteiger partial charge in [-0.1, -0.05) is 12.1 Å². The Labute approximate surface area is 125 Å². The number of hydrogen-bond acceptors (Lipinski definition) is 4. The number of rotatable bonds is 5. The summed E-state index contributed by atoms with van der Waals surface area (Å²) in [5.41, 5.74) is 5.97. The van der Waals surface area contributed by atoms with Crippen molar-refractivity contribution in [2.45, 2.75) is 13.0 Å². The molecule has 0 radical (unpaired) electrons. The van der Waals surface area contributed by atoms with Crippen molar-refractivity contribution in [2.75, 3.05) is 5.32 Å². The molecule has 0 spiro atoms. The van der Waals surface area contributed by atoms with E-state index in [1.807, 2.05) is 0 Å². The summed E-state index contributed by atoms with van der Waals surface area (Å²) in [6.45, 7) is 1.79. The molecule has 22 heavy (non-hydrogen) atoms. The van der Waals surface area contributed by atoms with E-state index in [-0.39, 0.29) is 28.8 Å². The van der Waals surface area contributed by atoms with Crippen LogP contribution in [-0.2, 0) is 0 Å². The molecule has 0 bridgehead atoms. The van der Waals surface area contributed by atoms with E-state index in [1.165, 1.54) is 24.3 Å². The Kier molecular flexibility index (Phi) is 4.36. The van der Waals surface area contributed by atoms with E-state index < -0.39 is 10.8 Å². The van der Waals surface area contributed by atoms with Gasteiger partial charge in [-0.15, -0.1) is 0 Å². The maximum atomic E-state index is 12.9. The van der Waals surface area contributed by atoms with Crippen LogP contribution in [0.1, 0.15) is 28.9 Å². The third kappa shape index (κ3) is 3.38. The van der Waals surface area contributed by atoms with Gasteiger partial charge in [-0.05, 0) is 36.8 Å². The van der Waals surface area contributed by atoms with Crippen LogP contribution in [0.4, 0.5) is 15.8 Å². The zero-order valence-electron chi connectivity index (χ0n) is 11.7. The molecule has 1 atom stereocenters. The topological polar surface area (TPSA) is 98.3 Å². The van der Waals surface area contributed by atoms with E-state index in [0.29, 0.717) is 0 Å². The first-order chi connectivity index (χ1) is 10.4. The monoisotopic (exact) mass is 303 g/mol. The lowest BCUT2D eigenvalue weighted by Crippen LogP contribution is -2.13. The van der Waals surface area contributed by atoms with Gasteiger partial charge in [-0.2, -0.15) is 0 Å². The second-order valence-electron chi connectivity index (χ2n) is 4.77. The minimum atomic E-state index is -0.735. The van der Waals surface area contributed by atoms with Gasteiger partial charge in [0.25, 0.3) is 5.69 Å². The molecule has 2 aromatic rings. The molecule has 0 aliphatic heterocycles. The van der Waals surface area contributed by atoms with Gasteiger partial charge < -0.3 is 11.1 Å². The van der Waals surface area contributed by atoms with Crippen molar-refractivity contribution in [2.24, 2.45) is 5.73 Å². The van der Waals surface area contributed by atoms with Crippen molar-refractivity contribution >= 4 is 17.3 Å². The van der Waals surface area contributed by atoms with Crippen molar-refractivity contribution in [3.8, 4) is 0 Å². The van der Waals surface area contributed by atoms with E-state index in [2.05, 4.69) is 5.32 Å². The van der Waals surface area contributed by atoms with Gasteiger partial charge in [0.1, 0.15) is 11.5 Å². The summed E-state index contributed by atoms with van der Waals surface area (Å²) in [4.78, 5) is 21.6. The molecule has 0 aliphatic carbocycles. The summed E-state index contributed by atoms with van der Waals surface area (Å²) < 4.78 is 12.9. The van der Waals surface area contributed by atoms with Gasteiger partial charge in [-0.3, -0.25) is 14.9 Å². The minimum absolute atomic E-state index is 0.0617. The SMILES string of the molecule is C[C@H](Nc1ccc(C(N)=O)cc1[N+](=O)[O-])c1ccc(F)cc1. The average molecular weight is 303 g/mol. The molecule has 0 heterocycles. The fraction of sp³-hybridized carbons (Fsp3) is 0.133. The van der Waals surface area contributed by atoms with Gasteiger partial charge in [0, 0.05) is 17.7 Å². The summed E-state index contributed by atoms with van der Waals surface area (Å²) in [6, 6.07) is 9.51. The largest absolute Gasteiger partial charge is 0.373 e. The van der Waals surface area contributed by atoms with Crippen LogP contribution < -0.4 is 11.1 Å². The third-order valence-corrected chi connectivity index (χ3v) is 3.22. The van der Waals surface area contributed by atoms with Gasteiger partial charge in [0.2, 0.25) is 5.91 Å². The van der Waals surface area contributed by atoms with Gasteiger partial charge in [-0.25, -0.2) is 4.39 Å². The summed E-state index contributed by atoms with van der Waals surface area (Å²) >= 11 is 0. The van der Waals surface area contributed by atoms with Crippen LogP contribution in [0, 0.1) is 15.9 Å². The van der Waals surface area contributed by atoms with Crippen molar-refractivity contribution in [3.63, 3.8) is 0 Å². The molecule has 6 nitrogen and oxygen atoms in total. The van der Waals surface area contributed by atoms with Gasteiger partial charge in [0.05, 0.1) is 4.92 Å². The third-order valence-electron chi connectivity index (χ3n) is 3.22. The maximum Gasteiger partial charge on any atom is 0.293 e. The summed E-state index contributed by atoms with van der Waals surface area (Å²) in [5, 5.41) is 14.1. The standard InChI is InChI=1S/C15H14FN3O3/c1-9(10-2-5-12(16)6-3-10)18-13-7-4-11(15(17)20)8-14(13)19(21)22/h2-9,18H,1H3,(H2,17,20)/t9-/m0/s1. The zero-order valence-corrected chi connectivity index (χ0v) is 11.7. The minimum Gasteiger partial charge on any atom is -0.373 e. The number of primary amides is 1. The smallest absolute Gasteiger partial charge is 0.293 e. The number of anilines is 1. The normalized spacial score (nSPS) is 11.7. The average Bonchev–Trinajstić information content (AvgIpc) is 2.47. The maximum absolute atomic E-state index is 12.9. The molecular formula is C15H14FN3O3. The van der Waals surface area contributed by atoms with Crippen LogP contribution in [0.2, 0.25) is 0 Å². The Hall–Kier alpha value is -2.96. The zero-order chi connectivity index (χ0) is 16.3. The second-order valence-corrected chi connectivity index (χ2v) is 4.77. The number of benzene rings is 2. The fourth-order valence-corrected chi connectivity index (χ4v) is 2.03. The number of hydrogen-bond donors (Lipinski definition) is 2. The number of nitrogens with two attached hydrogens (primary N) is 1. The van der Waals surface area contributed by atoms with E-state index in [9.17, 15) is 19.3 Å². The van der Waals surface area contributed by atoms with Crippen LogP contribution in [-0.4, -0.2) is 10.8 Å². The first-order valence-corrected chi connectivity index (χ1v) is 6.48. The highest BCUT2D eigenvalue weighted by molar-refractivity contribution is 5.94. The summed E-state index contributed by atoms with van der Waals surface area (Å²) in [5.74, 6) is -1.09. The molecule has 0 aromatic heterocycles. The Morgan fingerprint density at radius 2 is 1.91 bits per heavy atom. The number of nitro benzene ring substituents is 1. The van der Waals surface area contributed by atoms with Crippen LogP contribution >= 0.6 is 0 Å². The Morgan fingerprint density at radius 3 is 2.45 bits per heavy atom. The molecule has 0 aliphatic rings. The first kappa shape index (κ1) is 15.4. The number of halogens is 1. The lowest BCUT2D eigenvalue weighted by Gasteiger charge is -2.16. The Balaban J connectivity index is 2.30. The number of nitro groups is 1. The first-order valence-electron chi connectivity index (χ1n) is 6.48. The van der Waals surface area contributed by atoms with Crippen molar-refractivity contribution < 1.29 is 14.1 Å². The van der Waals surface area contributed by atoms with E-state index in [0.717, 1.165) is 11.6 Å². The molecule has 0 saturated heterocycles. The lowest BCUT2D eigenvalue weighted by molar-refractivity contribution is -0.384. The van der Waals surface area contributed by atoms with Crippen LogP contribution in [0.3, 0.4) is 0 Å². The highest BCUT2D eigenvalue weighted by Crippen LogP contribution is 2.29. The van der Waals surface area contributed by atoms with Crippen molar-refractivity contribution in [3.05, 3.63) is 69.5 Å². The van der Waals surface area contributed by atoms with Crippen molar-refractivity contribution in [1.82, 2.24) is 0 Å². The van der Waals surface area contributed by atoms with E-state index >= 15 is 0 Å². The molecule has 0 fully saturated rings. The molecule has 2 aromatic carbocycles. The predicted molar refractivity (Wildman–Crippen MR) is 80.1 cm³/mol. The Morgan fingerprint density at radius 1 is 1.27 bits per heavy atom. The van der Waals surface area contributed by atoms with Crippen molar-refractivity contribution in [1.29, 1.82) is 0 Å². The Bertz CT molecular complexity index is 716. The molecule has 2 rings (SSSR count). The molecule has 3 N–H and O–H groups in total. The summed E-state index contributed by atoms with van der Waals surface area (Å²) in [7, 11) is 0. The lowest BCUT2D eigenvalue weighted by atomic mass is 10.1. The van der Waals surface area contributed by atoms with Gasteiger partial charge >= 0.3 is 0 Å². The number of nitrogens with one attached hydrogen (secondary N) is 1. The molecule has 0 unspecified atom stereocenters. The second kappa shape index (κ2) is 6.21. The number of carbonyl (C=O) groups excluding carboxylic acids is 1. The van der Waals surface area contributed by atoms with E-state index in [1.54, 1.807) is 19.1 Å². The number of amides is 1. The fourth-order valence-electron chi connectivity index (χ4n) is 2.03. The highest BCUT2D eigenvalue weighted by Gasteiger charge is 2.18.